The van der Waals surface area contributed by atoms with Crippen LogP contribution in [0.15, 0.2) is 53.8 Å². The maximum absolute atomic E-state index is 5.65. The Morgan fingerprint density at radius 2 is 1.83 bits per heavy atom. The van der Waals surface area contributed by atoms with E-state index in [0.29, 0.717) is 0 Å². The van der Waals surface area contributed by atoms with Gasteiger partial charge in [0.1, 0.15) is 5.75 Å². The summed E-state index contributed by atoms with van der Waals surface area (Å²) in [5.74, 6) is 1.71. The summed E-state index contributed by atoms with van der Waals surface area (Å²) in [4.78, 5) is 4.24. The number of hydrogen-bond donors (Lipinski definition) is 2. The molecule has 5 heteroatoms. The van der Waals surface area contributed by atoms with Crippen LogP contribution in [0, 0.1) is 0 Å². The molecule has 23 heavy (non-hydrogen) atoms. The lowest BCUT2D eigenvalue weighted by Crippen LogP contribution is -2.38. The Kier molecular flexibility index (Phi) is 6.54. The average Bonchev–Trinajstić information content (AvgIpc) is 3.05. The molecule has 0 unspecified atom stereocenters. The molecule has 1 aromatic carbocycles. The Morgan fingerprint density at radius 3 is 2.43 bits per heavy atom. The van der Waals surface area contributed by atoms with Gasteiger partial charge in [-0.15, -0.1) is 0 Å². The Balaban J connectivity index is 1.74. The minimum Gasteiger partial charge on any atom is -0.491 e. The monoisotopic (exact) mass is 314 g/mol. The van der Waals surface area contributed by atoms with E-state index in [9.17, 15) is 0 Å². The van der Waals surface area contributed by atoms with Crippen LogP contribution in [0.5, 0.6) is 5.75 Å². The lowest BCUT2D eigenvalue weighted by molar-refractivity contribution is 0.242. The first-order valence-electron chi connectivity index (χ1n) is 7.98. The molecule has 5 nitrogen and oxygen atoms in total. The molecule has 0 saturated heterocycles. The van der Waals surface area contributed by atoms with Crippen LogP contribution in [-0.4, -0.2) is 30.2 Å². The molecular formula is C18H26N4O. The highest BCUT2D eigenvalue weighted by molar-refractivity contribution is 5.79. The summed E-state index contributed by atoms with van der Waals surface area (Å²) < 4.78 is 7.78. The molecule has 0 aliphatic carbocycles. The molecule has 0 atom stereocenters. The Bertz CT molecular complexity index is 588. The van der Waals surface area contributed by atoms with Gasteiger partial charge in [-0.05, 0) is 43.7 Å². The van der Waals surface area contributed by atoms with E-state index in [1.807, 2.05) is 38.1 Å². The fourth-order valence-electron chi connectivity index (χ4n) is 2.19. The van der Waals surface area contributed by atoms with E-state index < -0.39 is 0 Å². The van der Waals surface area contributed by atoms with E-state index in [1.165, 1.54) is 5.56 Å². The van der Waals surface area contributed by atoms with Gasteiger partial charge >= 0.3 is 0 Å². The first-order chi connectivity index (χ1) is 11.2. The van der Waals surface area contributed by atoms with Gasteiger partial charge in [-0.1, -0.05) is 12.1 Å². The van der Waals surface area contributed by atoms with Crippen molar-refractivity contribution in [3.63, 3.8) is 0 Å². The van der Waals surface area contributed by atoms with E-state index in [-0.39, 0.29) is 6.10 Å². The number of aliphatic imine (C=N–C) groups is 1. The number of guanidine groups is 1. The molecule has 0 spiro atoms. The van der Waals surface area contributed by atoms with Gasteiger partial charge in [0.05, 0.1) is 6.10 Å². The number of hydrogen-bond acceptors (Lipinski definition) is 2. The summed E-state index contributed by atoms with van der Waals surface area (Å²) in [5, 5.41) is 6.62. The van der Waals surface area contributed by atoms with E-state index in [1.54, 1.807) is 7.05 Å². The summed E-state index contributed by atoms with van der Waals surface area (Å²) in [6, 6.07) is 12.2. The average molecular weight is 314 g/mol. The molecule has 1 heterocycles. The van der Waals surface area contributed by atoms with Gasteiger partial charge in [0.15, 0.2) is 5.96 Å². The molecule has 0 saturated carbocycles. The number of benzene rings is 1. The van der Waals surface area contributed by atoms with E-state index in [4.69, 9.17) is 4.74 Å². The van der Waals surface area contributed by atoms with Crippen LogP contribution in [0.2, 0.25) is 0 Å². The smallest absolute Gasteiger partial charge is 0.191 e. The third-order valence-corrected chi connectivity index (χ3v) is 3.31. The molecule has 2 N–H and O–H groups in total. The van der Waals surface area contributed by atoms with Crippen LogP contribution in [-0.2, 0) is 13.1 Å². The minimum absolute atomic E-state index is 0.197. The van der Waals surface area contributed by atoms with Crippen LogP contribution < -0.4 is 15.4 Å². The maximum Gasteiger partial charge on any atom is 0.191 e. The van der Waals surface area contributed by atoms with Gasteiger partial charge in [0.25, 0.3) is 0 Å². The summed E-state index contributed by atoms with van der Waals surface area (Å²) in [5.41, 5.74) is 1.19. The van der Waals surface area contributed by atoms with Crippen LogP contribution in [0.4, 0.5) is 0 Å². The molecular weight excluding hydrogens is 288 g/mol. The lowest BCUT2D eigenvalue weighted by atomic mass is 10.2. The number of ether oxygens (including phenoxy) is 1. The highest BCUT2D eigenvalue weighted by atomic mass is 16.5. The predicted octanol–water partition coefficient (Wildman–Crippen LogP) is 2.64. The third-order valence-electron chi connectivity index (χ3n) is 3.31. The third kappa shape index (κ3) is 6.06. The van der Waals surface area contributed by atoms with E-state index >= 15 is 0 Å². The zero-order valence-corrected chi connectivity index (χ0v) is 14.1. The number of nitrogens with one attached hydrogen (secondary N) is 2. The van der Waals surface area contributed by atoms with Crippen LogP contribution >= 0.6 is 0 Å². The van der Waals surface area contributed by atoms with Crippen molar-refractivity contribution in [3.05, 3.63) is 54.4 Å². The summed E-state index contributed by atoms with van der Waals surface area (Å²) >= 11 is 0. The van der Waals surface area contributed by atoms with E-state index in [0.717, 1.165) is 31.3 Å². The lowest BCUT2D eigenvalue weighted by Gasteiger charge is -2.13. The molecule has 2 rings (SSSR count). The predicted molar refractivity (Wildman–Crippen MR) is 94.8 cm³/mol. The summed E-state index contributed by atoms with van der Waals surface area (Å²) in [6.45, 7) is 6.52. The highest BCUT2D eigenvalue weighted by Crippen LogP contribution is 2.13. The van der Waals surface area contributed by atoms with Crippen LogP contribution in [0.1, 0.15) is 19.4 Å². The second kappa shape index (κ2) is 8.88. The van der Waals surface area contributed by atoms with Crippen LogP contribution in [0.3, 0.4) is 0 Å². The number of aromatic nitrogens is 1. The van der Waals surface area contributed by atoms with Crippen molar-refractivity contribution in [2.45, 2.75) is 33.0 Å². The summed E-state index contributed by atoms with van der Waals surface area (Å²) in [7, 11) is 1.78. The largest absolute Gasteiger partial charge is 0.491 e. The number of nitrogens with zero attached hydrogens (tertiary/aromatic N) is 2. The Labute approximate surface area is 138 Å². The van der Waals surface area contributed by atoms with Crippen molar-refractivity contribution >= 4 is 5.96 Å². The Morgan fingerprint density at radius 1 is 1.13 bits per heavy atom. The van der Waals surface area contributed by atoms with Crippen molar-refractivity contribution in [1.82, 2.24) is 15.2 Å². The molecule has 1 aromatic heterocycles. The van der Waals surface area contributed by atoms with Gasteiger partial charge in [-0.25, -0.2) is 0 Å². The topological polar surface area (TPSA) is 50.6 Å². The van der Waals surface area contributed by atoms with Crippen molar-refractivity contribution in [2.75, 3.05) is 13.6 Å². The van der Waals surface area contributed by atoms with Gasteiger partial charge in [-0.2, -0.15) is 0 Å². The Hall–Kier alpha value is -2.43. The van der Waals surface area contributed by atoms with Crippen molar-refractivity contribution in [1.29, 1.82) is 0 Å². The maximum atomic E-state index is 5.65. The molecule has 0 aliphatic rings. The first-order valence-corrected chi connectivity index (χ1v) is 7.98. The zero-order valence-electron chi connectivity index (χ0n) is 14.1. The molecule has 0 radical (unpaired) electrons. The second-order valence-electron chi connectivity index (χ2n) is 5.58. The first kappa shape index (κ1) is 16.9. The van der Waals surface area contributed by atoms with Gasteiger partial charge < -0.3 is 19.9 Å². The fourth-order valence-corrected chi connectivity index (χ4v) is 2.19. The molecule has 2 aromatic rings. The SMILES string of the molecule is CN=C(NCCn1cccc1)NCc1ccc(OC(C)C)cc1. The standard InChI is InChI=1S/C18H26N4O/c1-15(2)23-17-8-6-16(7-9-17)14-21-18(19-3)20-10-13-22-11-4-5-12-22/h4-9,11-12,15H,10,13-14H2,1-3H3,(H2,19,20,21). The van der Waals surface area contributed by atoms with Crippen molar-refractivity contribution in [2.24, 2.45) is 4.99 Å². The molecule has 124 valence electrons. The minimum atomic E-state index is 0.197. The van der Waals surface area contributed by atoms with E-state index in [2.05, 4.69) is 44.7 Å². The molecule has 0 aliphatic heterocycles. The van der Waals surface area contributed by atoms with Crippen molar-refractivity contribution < 1.29 is 4.74 Å². The normalized spacial score (nSPS) is 11.6. The summed E-state index contributed by atoms with van der Waals surface area (Å²) in [6.07, 6.45) is 4.31. The number of rotatable bonds is 7. The zero-order chi connectivity index (χ0) is 16.5. The second-order valence-corrected chi connectivity index (χ2v) is 5.58. The van der Waals surface area contributed by atoms with Gasteiger partial charge in [0.2, 0.25) is 0 Å². The van der Waals surface area contributed by atoms with Gasteiger partial charge in [0, 0.05) is 39.1 Å². The highest BCUT2D eigenvalue weighted by Gasteiger charge is 2.00. The molecule has 0 amide bonds. The molecule has 0 fully saturated rings. The molecule has 0 bridgehead atoms. The van der Waals surface area contributed by atoms with Crippen LogP contribution in [0.25, 0.3) is 0 Å². The van der Waals surface area contributed by atoms with Crippen molar-refractivity contribution in [3.8, 4) is 5.75 Å². The van der Waals surface area contributed by atoms with Gasteiger partial charge in [-0.3, -0.25) is 4.99 Å². The fraction of sp³-hybridized carbons (Fsp3) is 0.389. The quantitative estimate of drug-likeness (QED) is 0.610.